The minimum atomic E-state index is -0.823. The summed E-state index contributed by atoms with van der Waals surface area (Å²) < 4.78 is 27.0. The summed E-state index contributed by atoms with van der Waals surface area (Å²) in [5, 5.41) is 20.4. The van der Waals surface area contributed by atoms with Crippen molar-refractivity contribution in [2.24, 2.45) is 0 Å². The third kappa shape index (κ3) is 3.51. The van der Waals surface area contributed by atoms with E-state index in [-0.39, 0.29) is 37.9 Å². The lowest BCUT2D eigenvalue weighted by Crippen LogP contribution is -2.31. The molecule has 0 saturated carbocycles. The normalized spacial score (nSPS) is 10.5. The van der Waals surface area contributed by atoms with Gasteiger partial charge in [0.25, 0.3) is 0 Å². The molecule has 0 aliphatic heterocycles. The smallest absolute Gasteiger partial charge is 0.168 e. The van der Waals surface area contributed by atoms with E-state index in [4.69, 9.17) is 10.2 Å². The second kappa shape index (κ2) is 7.07. The molecule has 0 bridgehead atoms. The molecular formula is C11H17F2N3O2. The molecule has 0 spiro atoms. The number of aliphatic hydroxyl groups excluding tert-OH is 2. The van der Waals surface area contributed by atoms with Crippen molar-refractivity contribution in [2.45, 2.75) is 6.92 Å². The van der Waals surface area contributed by atoms with Crippen LogP contribution in [0.4, 0.5) is 20.4 Å². The first-order chi connectivity index (χ1) is 8.63. The lowest BCUT2D eigenvalue weighted by Gasteiger charge is -2.22. The Hall–Kier alpha value is -1.47. The van der Waals surface area contributed by atoms with Crippen LogP contribution in [0.5, 0.6) is 0 Å². The summed E-state index contributed by atoms with van der Waals surface area (Å²) in [7, 11) is 0. The average molecular weight is 261 g/mol. The molecule has 0 aromatic carbocycles. The molecule has 0 radical (unpaired) electrons. The average Bonchev–Trinajstić information content (AvgIpc) is 2.33. The fraction of sp³-hybridized carbons (Fsp3) is 0.545. The highest BCUT2D eigenvalue weighted by molar-refractivity contribution is 5.49. The largest absolute Gasteiger partial charge is 0.395 e. The van der Waals surface area contributed by atoms with Crippen molar-refractivity contribution in [3.05, 3.63) is 17.7 Å². The van der Waals surface area contributed by atoms with Crippen LogP contribution in [0.1, 0.15) is 6.92 Å². The SMILES string of the molecule is CCNc1nc(N(CCO)CCO)c(F)cc1F. The maximum absolute atomic E-state index is 13.6. The lowest BCUT2D eigenvalue weighted by molar-refractivity contribution is 0.280. The molecule has 0 saturated heterocycles. The highest BCUT2D eigenvalue weighted by Gasteiger charge is 2.16. The first-order valence-corrected chi connectivity index (χ1v) is 5.70. The summed E-state index contributed by atoms with van der Waals surface area (Å²) >= 11 is 0. The zero-order chi connectivity index (χ0) is 13.5. The third-order valence-corrected chi connectivity index (χ3v) is 2.29. The molecule has 7 heteroatoms. The summed E-state index contributed by atoms with van der Waals surface area (Å²) in [6, 6.07) is 0.738. The molecule has 0 aliphatic carbocycles. The van der Waals surface area contributed by atoms with Gasteiger partial charge in [-0.15, -0.1) is 0 Å². The van der Waals surface area contributed by atoms with Crippen LogP contribution in [-0.4, -0.2) is 48.0 Å². The number of halogens is 2. The number of hydrogen-bond acceptors (Lipinski definition) is 5. The molecular weight excluding hydrogens is 244 g/mol. The van der Waals surface area contributed by atoms with Gasteiger partial charge in [0.05, 0.1) is 13.2 Å². The van der Waals surface area contributed by atoms with Crippen LogP contribution in [0.3, 0.4) is 0 Å². The van der Waals surface area contributed by atoms with Crippen LogP contribution in [0.25, 0.3) is 0 Å². The standard InChI is InChI=1S/C11H17F2N3O2/c1-2-14-10-8(12)7-9(13)11(15-10)16(3-5-17)4-6-18/h7,17-18H,2-6H2,1H3,(H,14,15). The van der Waals surface area contributed by atoms with Crippen molar-refractivity contribution in [1.82, 2.24) is 4.98 Å². The van der Waals surface area contributed by atoms with E-state index in [2.05, 4.69) is 10.3 Å². The minimum absolute atomic E-state index is 0.0465. The molecule has 0 fully saturated rings. The first-order valence-electron chi connectivity index (χ1n) is 5.70. The van der Waals surface area contributed by atoms with Gasteiger partial charge in [0, 0.05) is 25.7 Å². The lowest BCUT2D eigenvalue weighted by atomic mass is 10.3. The second-order valence-electron chi connectivity index (χ2n) is 3.59. The quantitative estimate of drug-likeness (QED) is 0.670. The van der Waals surface area contributed by atoms with Crippen LogP contribution in [-0.2, 0) is 0 Å². The van der Waals surface area contributed by atoms with Crippen molar-refractivity contribution >= 4 is 11.6 Å². The van der Waals surface area contributed by atoms with Gasteiger partial charge in [-0.2, -0.15) is 0 Å². The number of nitrogens with one attached hydrogen (secondary N) is 1. The zero-order valence-electron chi connectivity index (χ0n) is 10.2. The fourth-order valence-corrected chi connectivity index (χ4v) is 1.54. The van der Waals surface area contributed by atoms with E-state index >= 15 is 0 Å². The van der Waals surface area contributed by atoms with Crippen LogP contribution in [0.15, 0.2) is 6.07 Å². The summed E-state index contributed by atoms with van der Waals surface area (Å²) in [6.07, 6.45) is 0. The number of rotatable bonds is 7. The topological polar surface area (TPSA) is 68.6 Å². The van der Waals surface area contributed by atoms with E-state index < -0.39 is 11.6 Å². The summed E-state index contributed by atoms with van der Waals surface area (Å²) in [5.74, 6) is -1.73. The Balaban J connectivity index is 3.07. The summed E-state index contributed by atoms with van der Waals surface area (Å²) in [6.45, 7) is 2.02. The van der Waals surface area contributed by atoms with Crippen molar-refractivity contribution in [2.75, 3.05) is 43.1 Å². The van der Waals surface area contributed by atoms with Crippen LogP contribution in [0, 0.1) is 11.6 Å². The van der Waals surface area contributed by atoms with Crippen molar-refractivity contribution < 1.29 is 19.0 Å². The minimum Gasteiger partial charge on any atom is -0.395 e. The van der Waals surface area contributed by atoms with Crippen molar-refractivity contribution in [1.29, 1.82) is 0 Å². The molecule has 0 aliphatic rings. The number of aromatic nitrogens is 1. The van der Waals surface area contributed by atoms with Gasteiger partial charge in [-0.05, 0) is 6.92 Å². The first kappa shape index (κ1) is 14.6. The predicted molar refractivity (Wildman–Crippen MR) is 64.7 cm³/mol. The number of anilines is 2. The number of aliphatic hydroxyl groups is 2. The molecule has 3 N–H and O–H groups in total. The van der Waals surface area contributed by atoms with Gasteiger partial charge in [0.15, 0.2) is 23.3 Å². The fourth-order valence-electron chi connectivity index (χ4n) is 1.54. The number of hydrogen-bond donors (Lipinski definition) is 3. The molecule has 18 heavy (non-hydrogen) atoms. The van der Waals surface area contributed by atoms with Crippen molar-refractivity contribution in [3.63, 3.8) is 0 Å². The van der Waals surface area contributed by atoms with Gasteiger partial charge in [-0.1, -0.05) is 0 Å². The summed E-state index contributed by atoms with van der Waals surface area (Å²) in [5.41, 5.74) is 0. The molecule has 102 valence electrons. The molecule has 1 aromatic heterocycles. The third-order valence-electron chi connectivity index (χ3n) is 2.29. The number of pyridine rings is 1. The van der Waals surface area contributed by atoms with E-state index in [0.717, 1.165) is 6.07 Å². The van der Waals surface area contributed by atoms with E-state index in [1.54, 1.807) is 6.92 Å². The Labute approximate surface area is 104 Å². The van der Waals surface area contributed by atoms with Gasteiger partial charge < -0.3 is 20.4 Å². The van der Waals surface area contributed by atoms with E-state index in [9.17, 15) is 8.78 Å². The Morgan fingerprint density at radius 3 is 2.33 bits per heavy atom. The van der Waals surface area contributed by atoms with Crippen LogP contribution in [0.2, 0.25) is 0 Å². The van der Waals surface area contributed by atoms with E-state index in [1.165, 1.54) is 4.90 Å². The Bertz CT molecular complexity index is 385. The molecule has 5 nitrogen and oxygen atoms in total. The van der Waals surface area contributed by atoms with Gasteiger partial charge >= 0.3 is 0 Å². The molecule has 1 heterocycles. The maximum atomic E-state index is 13.6. The highest BCUT2D eigenvalue weighted by Crippen LogP contribution is 2.22. The van der Waals surface area contributed by atoms with Crippen LogP contribution < -0.4 is 10.2 Å². The Morgan fingerprint density at radius 1 is 1.22 bits per heavy atom. The maximum Gasteiger partial charge on any atom is 0.168 e. The molecule has 0 unspecified atom stereocenters. The van der Waals surface area contributed by atoms with E-state index in [0.29, 0.717) is 6.54 Å². The molecule has 0 atom stereocenters. The predicted octanol–water partition coefficient (Wildman–Crippen LogP) is 0.583. The zero-order valence-corrected chi connectivity index (χ0v) is 10.2. The van der Waals surface area contributed by atoms with Gasteiger partial charge in [0.2, 0.25) is 0 Å². The summed E-state index contributed by atoms with van der Waals surface area (Å²) in [4.78, 5) is 5.20. The van der Waals surface area contributed by atoms with Gasteiger partial charge in [0.1, 0.15) is 0 Å². The Kier molecular flexibility index (Phi) is 5.73. The van der Waals surface area contributed by atoms with Crippen molar-refractivity contribution in [3.8, 4) is 0 Å². The van der Waals surface area contributed by atoms with Gasteiger partial charge in [-0.25, -0.2) is 13.8 Å². The molecule has 1 rings (SSSR count). The molecule has 0 amide bonds. The Morgan fingerprint density at radius 2 is 1.83 bits per heavy atom. The van der Waals surface area contributed by atoms with Crippen LogP contribution >= 0.6 is 0 Å². The van der Waals surface area contributed by atoms with E-state index in [1.807, 2.05) is 0 Å². The second-order valence-corrected chi connectivity index (χ2v) is 3.59. The van der Waals surface area contributed by atoms with Gasteiger partial charge in [-0.3, -0.25) is 0 Å². The highest BCUT2D eigenvalue weighted by atomic mass is 19.1. The molecule has 1 aromatic rings. The monoisotopic (exact) mass is 261 g/mol. The number of nitrogens with zero attached hydrogens (tertiary/aromatic N) is 2.